The molecule has 9 heteroatoms. The average molecular weight is 464 g/mol. The van der Waals surface area contributed by atoms with Crippen LogP contribution in [0.3, 0.4) is 0 Å². The Morgan fingerprint density at radius 2 is 1.61 bits per heavy atom. The molecule has 1 N–H and O–H groups in total. The second kappa shape index (κ2) is 11.7. The zero-order valence-electron chi connectivity index (χ0n) is 18.3. The number of alkyl halides is 3. The van der Waals surface area contributed by atoms with Gasteiger partial charge in [0.15, 0.2) is 0 Å². The van der Waals surface area contributed by atoms with Crippen molar-refractivity contribution < 1.29 is 27.5 Å². The highest BCUT2D eigenvalue weighted by Crippen LogP contribution is 2.26. The fraction of sp³-hybridized carbons (Fsp3) is 0.417. The van der Waals surface area contributed by atoms with Gasteiger partial charge < -0.3 is 15.0 Å². The number of nitrogens with zero attached hydrogens (tertiary/aromatic N) is 2. The highest BCUT2D eigenvalue weighted by atomic mass is 19.4. The van der Waals surface area contributed by atoms with Crippen LogP contribution in [-0.4, -0.2) is 60.7 Å². The third-order valence-corrected chi connectivity index (χ3v) is 5.47. The van der Waals surface area contributed by atoms with Crippen molar-refractivity contribution in [1.82, 2.24) is 15.1 Å². The lowest BCUT2D eigenvalue weighted by Crippen LogP contribution is -2.51. The molecule has 2 aromatic rings. The summed E-state index contributed by atoms with van der Waals surface area (Å²) in [6.07, 6.45) is -2.64. The van der Waals surface area contributed by atoms with E-state index in [0.29, 0.717) is 32.6 Å². The summed E-state index contributed by atoms with van der Waals surface area (Å²) in [4.78, 5) is 28.5. The van der Waals surface area contributed by atoms with E-state index in [9.17, 15) is 22.8 Å². The van der Waals surface area contributed by atoms with E-state index in [-0.39, 0.29) is 36.2 Å². The first-order valence-electron chi connectivity index (χ1n) is 10.9. The predicted octanol–water partition coefficient (Wildman–Crippen LogP) is 3.37. The van der Waals surface area contributed by atoms with Crippen molar-refractivity contribution in [2.45, 2.75) is 32.2 Å². The first-order valence-corrected chi connectivity index (χ1v) is 10.9. The molecule has 0 bridgehead atoms. The minimum Gasteiger partial charge on any atom is -0.405 e. The first kappa shape index (κ1) is 24.6. The second-order valence-corrected chi connectivity index (χ2v) is 7.93. The molecule has 33 heavy (non-hydrogen) atoms. The molecule has 0 spiro atoms. The molecule has 0 unspecified atom stereocenters. The zero-order chi connectivity index (χ0) is 23.7. The Hall–Kier alpha value is -3.07. The Bertz CT molecular complexity index is 914. The molecule has 2 aromatic carbocycles. The maximum Gasteiger partial charge on any atom is 0.573 e. The van der Waals surface area contributed by atoms with Crippen LogP contribution < -0.4 is 10.1 Å². The maximum atomic E-state index is 12.5. The Kier molecular flexibility index (Phi) is 8.71. The van der Waals surface area contributed by atoms with Gasteiger partial charge in [-0.05, 0) is 24.5 Å². The SMILES string of the molecule is O=C(CN1CCN(C(=O)CCCc2ccccc2)CC1)NCc1ccccc1OC(F)(F)F. The van der Waals surface area contributed by atoms with Crippen LogP contribution in [0.1, 0.15) is 24.0 Å². The lowest BCUT2D eigenvalue weighted by Gasteiger charge is -2.34. The predicted molar refractivity (Wildman–Crippen MR) is 117 cm³/mol. The van der Waals surface area contributed by atoms with E-state index in [2.05, 4.69) is 22.2 Å². The molecule has 1 aliphatic heterocycles. The Labute approximate surface area is 191 Å². The van der Waals surface area contributed by atoms with Crippen LogP contribution in [0.15, 0.2) is 54.6 Å². The number of benzene rings is 2. The summed E-state index contributed by atoms with van der Waals surface area (Å²) < 4.78 is 41.6. The summed E-state index contributed by atoms with van der Waals surface area (Å²) in [5.74, 6) is -0.500. The van der Waals surface area contributed by atoms with Crippen molar-refractivity contribution in [1.29, 1.82) is 0 Å². The molecule has 0 aliphatic carbocycles. The third kappa shape index (κ3) is 8.42. The number of nitrogens with one attached hydrogen (secondary N) is 1. The molecule has 0 aromatic heterocycles. The van der Waals surface area contributed by atoms with Gasteiger partial charge in [0.25, 0.3) is 0 Å². The van der Waals surface area contributed by atoms with Gasteiger partial charge in [-0.15, -0.1) is 13.2 Å². The van der Waals surface area contributed by atoms with Crippen molar-refractivity contribution in [2.75, 3.05) is 32.7 Å². The Morgan fingerprint density at radius 3 is 2.30 bits per heavy atom. The summed E-state index contributed by atoms with van der Waals surface area (Å²) in [5, 5.41) is 2.64. The van der Waals surface area contributed by atoms with Crippen LogP contribution in [-0.2, 0) is 22.6 Å². The quantitative estimate of drug-likeness (QED) is 0.620. The number of carbonyl (C=O) groups is 2. The fourth-order valence-corrected chi connectivity index (χ4v) is 3.73. The van der Waals surface area contributed by atoms with Crippen molar-refractivity contribution in [3.8, 4) is 5.75 Å². The van der Waals surface area contributed by atoms with Gasteiger partial charge in [-0.25, -0.2) is 0 Å². The molecule has 2 amide bonds. The Morgan fingerprint density at radius 1 is 0.939 bits per heavy atom. The standard InChI is InChI=1S/C24H28F3N3O3/c25-24(26,27)33-21-11-5-4-10-20(21)17-28-22(31)18-29-13-15-30(16-14-29)23(32)12-6-9-19-7-2-1-3-8-19/h1-5,7-8,10-11H,6,9,12-18H2,(H,28,31). The van der Waals surface area contributed by atoms with Crippen molar-refractivity contribution in [3.63, 3.8) is 0 Å². The topological polar surface area (TPSA) is 61.9 Å². The number of rotatable bonds is 9. The molecule has 0 atom stereocenters. The van der Waals surface area contributed by atoms with E-state index < -0.39 is 6.36 Å². The molecule has 1 aliphatic rings. The van der Waals surface area contributed by atoms with Crippen LogP contribution in [0.25, 0.3) is 0 Å². The number of halogens is 3. The van der Waals surface area contributed by atoms with Gasteiger partial charge >= 0.3 is 6.36 Å². The van der Waals surface area contributed by atoms with Crippen LogP contribution >= 0.6 is 0 Å². The van der Waals surface area contributed by atoms with Crippen LogP contribution in [0, 0.1) is 0 Å². The fourth-order valence-electron chi connectivity index (χ4n) is 3.73. The van der Waals surface area contributed by atoms with Gasteiger partial charge in [-0.3, -0.25) is 14.5 Å². The molecule has 1 saturated heterocycles. The van der Waals surface area contributed by atoms with Crippen LogP contribution in [0.4, 0.5) is 13.2 Å². The van der Waals surface area contributed by atoms with Gasteiger partial charge in [0.2, 0.25) is 11.8 Å². The van der Waals surface area contributed by atoms with E-state index in [1.54, 1.807) is 6.07 Å². The summed E-state index contributed by atoms with van der Waals surface area (Å²) in [7, 11) is 0. The normalized spacial score (nSPS) is 14.7. The molecule has 1 fully saturated rings. The van der Waals surface area contributed by atoms with Crippen LogP contribution in [0.5, 0.6) is 5.75 Å². The minimum absolute atomic E-state index is 0.0645. The molecular weight excluding hydrogens is 435 g/mol. The first-order chi connectivity index (χ1) is 15.8. The third-order valence-electron chi connectivity index (χ3n) is 5.47. The molecular formula is C24H28F3N3O3. The number of piperazine rings is 1. The number of hydrogen-bond acceptors (Lipinski definition) is 4. The van der Waals surface area contributed by atoms with Crippen molar-refractivity contribution in [3.05, 3.63) is 65.7 Å². The molecule has 6 nitrogen and oxygen atoms in total. The zero-order valence-corrected chi connectivity index (χ0v) is 18.3. The van der Waals surface area contributed by atoms with Gasteiger partial charge in [0.05, 0.1) is 6.54 Å². The van der Waals surface area contributed by atoms with E-state index in [0.717, 1.165) is 12.8 Å². The average Bonchev–Trinajstić information content (AvgIpc) is 2.78. The van der Waals surface area contributed by atoms with E-state index in [1.165, 1.54) is 23.8 Å². The number of aryl methyl sites for hydroxylation is 1. The highest BCUT2D eigenvalue weighted by molar-refractivity contribution is 5.78. The molecule has 178 valence electrons. The highest BCUT2D eigenvalue weighted by Gasteiger charge is 2.32. The molecule has 0 saturated carbocycles. The van der Waals surface area contributed by atoms with Crippen molar-refractivity contribution >= 4 is 11.8 Å². The second-order valence-electron chi connectivity index (χ2n) is 7.93. The molecule has 3 rings (SSSR count). The van der Waals surface area contributed by atoms with Gasteiger partial charge in [-0.1, -0.05) is 48.5 Å². The molecule has 1 heterocycles. The monoisotopic (exact) mass is 463 g/mol. The summed E-state index contributed by atoms with van der Waals surface area (Å²) >= 11 is 0. The minimum atomic E-state index is -4.79. The van der Waals surface area contributed by atoms with E-state index >= 15 is 0 Å². The van der Waals surface area contributed by atoms with Gasteiger partial charge in [-0.2, -0.15) is 0 Å². The summed E-state index contributed by atoms with van der Waals surface area (Å²) in [5.41, 5.74) is 1.46. The number of para-hydroxylation sites is 1. The van der Waals surface area contributed by atoms with E-state index in [1.807, 2.05) is 28.0 Å². The maximum absolute atomic E-state index is 12.5. The van der Waals surface area contributed by atoms with Gasteiger partial charge in [0, 0.05) is 44.7 Å². The number of ether oxygens (including phenoxy) is 1. The largest absolute Gasteiger partial charge is 0.573 e. The summed E-state index contributed by atoms with van der Waals surface area (Å²) in [6.45, 7) is 2.32. The van der Waals surface area contributed by atoms with E-state index in [4.69, 9.17) is 0 Å². The summed E-state index contributed by atoms with van der Waals surface area (Å²) in [6, 6.07) is 15.8. The lowest BCUT2D eigenvalue weighted by molar-refractivity contribution is -0.274. The Balaban J connectivity index is 1.36. The lowest BCUT2D eigenvalue weighted by atomic mass is 10.1. The number of amides is 2. The van der Waals surface area contributed by atoms with Crippen molar-refractivity contribution in [2.24, 2.45) is 0 Å². The van der Waals surface area contributed by atoms with Gasteiger partial charge in [0.1, 0.15) is 5.75 Å². The molecule has 0 radical (unpaired) electrons. The number of carbonyl (C=O) groups excluding carboxylic acids is 2. The van der Waals surface area contributed by atoms with Crippen LogP contribution in [0.2, 0.25) is 0 Å². The smallest absolute Gasteiger partial charge is 0.405 e. The number of hydrogen-bond donors (Lipinski definition) is 1.